The van der Waals surface area contributed by atoms with Gasteiger partial charge in [-0.05, 0) is 97.9 Å². The molecule has 37 heavy (non-hydrogen) atoms. The van der Waals surface area contributed by atoms with Crippen molar-refractivity contribution in [3.8, 4) is 5.75 Å². The molecule has 0 spiro atoms. The third-order valence-electron chi connectivity index (χ3n) is 6.02. The molecule has 0 aromatic heterocycles. The highest BCUT2D eigenvalue weighted by atomic mass is 16.7. The summed E-state index contributed by atoms with van der Waals surface area (Å²) in [6.45, 7) is 14.0. The van der Waals surface area contributed by atoms with E-state index in [1.807, 2.05) is 45.9 Å². The highest BCUT2D eigenvalue weighted by Gasteiger charge is 2.29. The van der Waals surface area contributed by atoms with Crippen LogP contribution in [0.3, 0.4) is 0 Å². The molecule has 2 aliphatic heterocycles. The van der Waals surface area contributed by atoms with Crippen molar-refractivity contribution in [2.45, 2.75) is 104 Å². The number of amidine groups is 1. The Hall–Kier alpha value is -3.01. The fourth-order valence-electron chi connectivity index (χ4n) is 4.19. The summed E-state index contributed by atoms with van der Waals surface area (Å²) >= 11 is 0. The van der Waals surface area contributed by atoms with E-state index in [2.05, 4.69) is 5.48 Å². The number of amides is 2. The van der Waals surface area contributed by atoms with Gasteiger partial charge in [0.05, 0.1) is 6.04 Å². The van der Waals surface area contributed by atoms with E-state index in [-0.39, 0.29) is 24.3 Å². The first-order valence-electron chi connectivity index (χ1n) is 13.0. The number of hydroxylamine groups is 1. The zero-order chi connectivity index (χ0) is 27.4. The summed E-state index contributed by atoms with van der Waals surface area (Å²) in [4.78, 5) is 36.1. The molecule has 2 unspecified atom stereocenters. The second-order valence-corrected chi connectivity index (χ2v) is 11.7. The molecule has 206 valence electrons. The summed E-state index contributed by atoms with van der Waals surface area (Å²) in [6, 6.07) is 5.88. The molecule has 1 aromatic carbocycles. The lowest BCUT2D eigenvalue weighted by Crippen LogP contribution is -2.43. The first-order valence-corrected chi connectivity index (χ1v) is 13.0. The minimum absolute atomic E-state index is 0.0609. The van der Waals surface area contributed by atoms with E-state index in [1.54, 1.807) is 25.7 Å². The van der Waals surface area contributed by atoms with Crippen LogP contribution < -0.4 is 16.0 Å². The molecule has 10 heteroatoms. The summed E-state index contributed by atoms with van der Waals surface area (Å²) in [5, 5.41) is 0. The van der Waals surface area contributed by atoms with Crippen LogP contribution in [-0.2, 0) is 20.7 Å². The predicted octanol–water partition coefficient (Wildman–Crippen LogP) is 4.33. The quantitative estimate of drug-likeness (QED) is 0.338. The normalized spacial score (nSPS) is 19.9. The van der Waals surface area contributed by atoms with Crippen LogP contribution in [-0.4, -0.2) is 65.5 Å². The second-order valence-electron chi connectivity index (χ2n) is 11.7. The number of ether oxygens (including phenoxy) is 3. The van der Waals surface area contributed by atoms with Gasteiger partial charge >= 0.3 is 12.2 Å². The smallest absolute Gasteiger partial charge is 0.431 e. The maximum absolute atomic E-state index is 12.3. The van der Waals surface area contributed by atoms with Crippen molar-refractivity contribution >= 4 is 18.0 Å². The van der Waals surface area contributed by atoms with Gasteiger partial charge in [0, 0.05) is 18.7 Å². The lowest BCUT2D eigenvalue weighted by molar-refractivity contribution is -0.0775. The summed E-state index contributed by atoms with van der Waals surface area (Å²) in [6.07, 6.45) is 1.51. The van der Waals surface area contributed by atoms with Gasteiger partial charge in [-0.2, -0.15) is 5.48 Å². The van der Waals surface area contributed by atoms with E-state index in [4.69, 9.17) is 29.8 Å². The van der Waals surface area contributed by atoms with Crippen molar-refractivity contribution in [1.29, 1.82) is 0 Å². The molecular weight excluding hydrogens is 476 g/mol. The van der Waals surface area contributed by atoms with Gasteiger partial charge in [0.2, 0.25) is 0 Å². The van der Waals surface area contributed by atoms with Gasteiger partial charge in [0.1, 0.15) is 35.0 Å². The van der Waals surface area contributed by atoms with Crippen LogP contribution >= 0.6 is 0 Å². The van der Waals surface area contributed by atoms with Gasteiger partial charge in [-0.1, -0.05) is 0 Å². The van der Waals surface area contributed by atoms with Crippen molar-refractivity contribution < 1.29 is 28.6 Å². The Kier molecular flexibility index (Phi) is 8.94. The Balaban J connectivity index is 1.52. The maximum Gasteiger partial charge on any atom is 0.431 e. The van der Waals surface area contributed by atoms with Gasteiger partial charge in [0.25, 0.3) is 0 Å². The van der Waals surface area contributed by atoms with Crippen molar-refractivity contribution in [1.82, 2.24) is 10.4 Å². The van der Waals surface area contributed by atoms with Gasteiger partial charge in [0.15, 0.2) is 0 Å². The Morgan fingerprint density at radius 1 is 1.08 bits per heavy atom. The van der Waals surface area contributed by atoms with Crippen LogP contribution in [0, 0.1) is 0 Å². The number of aryl methyl sites for hydroxylation is 1. The molecule has 3 N–H and O–H groups in total. The Labute approximate surface area is 219 Å². The summed E-state index contributed by atoms with van der Waals surface area (Å²) in [5.74, 6) is 1.25. The lowest BCUT2D eigenvalue weighted by Gasteiger charge is -2.32. The number of piperidine rings is 1. The van der Waals surface area contributed by atoms with Gasteiger partial charge in [-0.25, -0.2) is 9.59 Å². The highest BCUT2D eigenvalue weighted by Crippen LogP contribution is 2.30. The number of nitrogens with one attached hydrogen (secondary N) is 1. The van der Waals surface area contributed by atoms with Crippen LogP contribution in [0.25, 0.3) is 0 Å². The third-order valence-corrected chi connectivity index (χ3v) is 6.02. The van der Waals surface area contributed by atoms with E-state index in [1.165, 1.54) is 0 Å². The summed E-state index contributed by atoms with van der Waals surface area (Å²) in [7, 11) is 0. The number of carbonyl (C=O) groups is 2. The van der Waals surface area contributed by atoms with E-state index >= 15 is 0 Å². The number of carbonyl (C=O) groups excluding carboxylic acids is 2. The number of benzene rings is 1. The number of fused-ring (bicyclic) bond motifs is 1. The van der Waals surface area contributed by atoms with Crippen LogP contribution in [0.2, 0.25) is 0 Å². The molecule has 10 nitrogen and oxygen atoms in total. The monoisotopic (exact) mass is 518 g/mol. The number of rotatable bonds is 5. The van der Waals surface area contributed by atoms with Gasteiger partial charge in [-0.3, -0.25) is 9.83 Å². The predicted molar refractivity (Wildman–Crippen MR) is 141 cm³/mol. The number of likely N-dealkylation sites (tertiary alicyclic amines) is 1. The number of aliphatic imine (C=N–C) groups is 1. The SMILES string of the molecule is CC(ONC(=O)OC(C)(C)C)C1CCc2cc(C(N)=NC3CCN(C(=O)OC(C)(C)C)CC3)ccc2O1. The number of nitrogens with zero attached hydrogens (tertiary/aromatic N) is 2. The molecule has 1 fully saturated rings. The van der Waals surface area contributed by atoms with Gasteiger partial charge in [-0.15, -0.1) is 0 Å². The molecule has 2 atom stereocenters. The molecule has 0 saturated carbocycles. The number of hydrogen-bond donors (Lipinski definition) is 2. The van der Waals surface area contributed by atoms with Crippen molar-refractivity contribution in [3.63, 3.8) is 0 Å². The molecule has 2 amide bonds. The minimum Gasteiger partial charge on any atom is -0.487 e. The van der Waals surface area contributed by atoms with Crippen molar-refractivity contribution in [2.75, 3.05) is 13.1 Å². The highest BCUT2D eigenvalue weighted by molar-refractivity contribution is 5.98. The Morgan fingerprint density at radius 2 is 1.73 bits per heavy atom. The van der Waals surface area contributed by atoms with Crippen LogP contribution in [0.5, 0.6) is 5.75 Å². The number of hydrogen-bond acceptors (Lipinski definition) is 7. The van der Waals surface area contributed by atoms with Gasteiger partial charge < -0.3 is 24.8 Å². The first-order chi connectivity index (χ1) is 17.2. The summed E-state index contributed by atoms with van der Waals surface area (Å²) < 4.78 is 16.8. The van der Waals surface area contributed by atoms with Crippen LogP contribution in [0.1, 0.15) is 78.9 Å². The Morgan fingerprint density at radius 3 is 2.35 bits per heavy atom. The zero-order valence-corrected chi connectivity index (χ0v) is 23.1. The largest absolute Gasteiger partial charge is 0.487 e. The first kappa shape index (κ1) is 28.6. The minimum atomic E-state index is -0.634. The molecule has 0 bridgehead atoms. The average Bonchev–Trinajstić information content (AvgIpc) is 2.80. The second kappa shape index (κ2) is 11.6. The molecular formula is C27H42N4O6. The third kappa shape index (κ3) is 8.80. The maximum atomic E-state index is 12.3. The molecule has 1 saturated heterocycles. The van der Waals surface area contributed by atoms with E-state index < -0.39 is 17.3 Å². The fraction of sp³-hybridized carbons (Fsp3) is 0.667. The van der Waals surface area contributed by atoms with Crippen LogP contribution in [0.15, 0.2) is 23.2 Å². The lowest BCUT2D eigenvalue weighted by atomic mass is 9.97. The number of nitrogens with two attached hydrogens (primary N) is 1. The molecule has 0 aliphatic carbocycles. The summed E-state index contributed by atoms with van der Waals surface area (Å²) in [5.41, 5.74) is 9.50. The molecule has 2 aliphatic rings. The van der Waals surface area contributed by atoms with E-state index in [0.29, 0.717) is 18.9 Å². The van der Waals surface area contributed by atoms with Crippen molar-refractivity contribution in [3.05, 3.63) is 29.3 Å². The van der Waals surface area contributed by atoms with Crippen molar-refractivity contribution in [2.24, 2.45) is 10.7 Å². The molecule has 0 radical (unpaired) electrons. The molecule has 3 rings (SSSR count). The molecule has 2 heterocycles. The Bertz CT molecular complexity index is 990. The zero-order valence-electron chi connectivity index (χ0n) is 23.1. The van der Waals surface area contributed by atoms with E-state index in [9.17, 15) is 9.59 Å². The molecule has 1 aromatic rings. The van der Waals surface area contributed by atoms with Crippen LogP contribution in [0.4, 0.5) is 9.59 Å². The fourth-order valence-corrected chi connectivity index (χ4v) is 4.19. The topological polar surface area (TPSA) is 125 Å². The average molecular weight is 519 g/mol. The van der Waals surface area contributed by atoms with E-state index in [0.717, 1.165) is 42.6 Å². The standard InChI is InChI=1S/C27H42N4O6/c1-17(37-30-24(32)35-26(2,3)4)21-10-8-18-16-19(9-11-22(18)34-21)23(28)29-20-12-14-31(15-13-20)25(33)36-27(5,6)7/h9,11,16-17,20-21H,8,10,12-15H2,1-7H3,(H2,28,29)(H,30,32).